The molecule has 0 aliphatic heterocycles. The zero-order valence-electron chi connectivity index (χ0n) is 9.76. The molecule has 5 nitrogen and oxygen atoms in total. The number of aromatic nitrogens is 2. The first-order valence-electron chi connectivity index (χ1n) is 5.15. The van der Waals surface area contributed by atoms with E-state index in [0.717, 1.165) is 12.4 Å². The van der Waals surface area contributed by atoms with Gasteiger partial charge in [-0.15, -0.1) is 0 Å². The first kappa shape index (κ1) is 13.7. The predicted molar refractivity (Wildman–Crippen MR) is 69.0 cm³/mol. The summed E-state index contributed by atoms with van der Waals surface area (Å²) in [6.07, 6.45) is 1.10. The Morgan fingerprint density at radius 3 is 2.68 bits per heavy atom. The van der Waals surface area contributed by atoms with E-state index < -0.39 is 20.7 Å². The van der Waals surface area contributed by atoms with Crippen molar-refractivity contribution in [3.05, 3.63) is 47.1 Å². The number of hydrogen-bond acceptors (Lipinski definition) is 4. The maximum Gasteiger partial charge on any atom is 0.265 e. The van der Waals surface area contributed by atoms with Gasteiger partial charge in [0.1, 0.15) is 28.0 Å². The predicted octanol–water partition coefficient (Wildman–Crippen LogP) is 2.38. The SMILES string of the molecule is Cc1ccc(F)c(S(=O)(=O)Nc2cc(Cl)ncn2)c1. The van der Waals surface area contributed by atoms with Crippen LogP contribution in [0.15, 0.2) is 35.5 Å². The molecule has 8 heteroatoms. The van der Waals surface area contributed by atoms with E-state index >= 15 is 0 Å². The number of anilines is 1. The molecule has 0 fully saturated rings. The molecule has 0 saturated heterocycles. The molecule has 1 aromatic heterocycles. The highest BCUT2D eigenvalue weighted by Gasteiger charge is 2.20. The van der Waals surface area contributed by atoms with E-state index in [1.165, 1.54) is 18.2 Å². The van der Waals surface area contributed by atoms with Crippen LogP contribution in [0.3, 0.4) is 0 Å². The van der Waals surface area contributed by atoms with Gasteiger partial charge in [-0.25, -0.2) is 22.8 Å². The number of aryl methyl sites for hydroxylation is 1. The van der Waals surface area contributed by atoms with Gasteiger partial charge in [0.2, 0.25) is 0 Å². The quantitative estimate of drug-likeness (QED) is 0.884. The Morgan fingerprint density at radius 2 is 2.00 bits per heavy atom. The zero-order valence-corrected chi connectivity index (χ0v) is 11.3. The normalized spacial score (nSPS) is 11.3. The molecule has 0 saturated carbocycles. The van der Waals surface area contributed by atoms with Crippen LogP contribution in [0.2, 0.25) is 5.15 Å². The van der Waals surface area contributed by atoms with Crippen LogP contribution in [0.1, 0.15) is 5.56 Å². The fourth-order valence-corrected chi connectivity index (χ4v) is 2.71. The van der Waals surface area contributed by atoms with Crippen LogP contribution in [0.5, 0.6) is 0 Å². The summed E-state index contributed by atoms with van der Waals surface area (Å²) in [4.78, 5) is 6.87. The molecule has 0 spiro atoms. The van der Waals surface area contributed by atoms with Crippen molar-refractivity contribution in [1.82, 2.24) is 9.97 Å². The Balaban J connectivity index is 2.40. The third kappa shape index (κ3) is 3.18. The molecule has 19 heavy (non-hydrogen) atoms. The van der Waals surface area contributed by atoms with Gasteiger partial charge in [-0.3, -0.25) is 4.72 Å². The summed E-state index contributed by atoms with van der Waals surface area (Å²) in [6, 6.07) is 5.04. The van der Waals surface area contributed by atoms with Crippen LogP contribution in [0.25, 0.3) is 0 Å². The van der Waals surface area contributed by atoms with Crippen LogP contribution in [0, 0.1) is 12.7 Å². The number of sulfonamides is 1. The molecular formula is C11H9ClFN3O2S. The average molecular weight is 302 g/mol. The van der Waals surface area contributed by atoms with Gasteiger partial charge in [0.15, 0.2) is 0 Å². The van der Waals surface area contributed by atoms with Crippen molar-refractivity contribution in [3.63, 3.8) is 0 Å². The molecule has 0 atom stereocenters. The number of nitrogens with one attached hydrogen (secondary N) is 1. The van der Waals surface area contributed by atoms with Gasteiger partial charge in [-0.2, -0.15) is 0 Å². The molecule has 1 heterocycles. The number of rotatable bonds is 3. The Kier molecular flexibility index (Phi) is 3.68. The lowest BCUT2D eigenvalue weighted by molar-refractivity contribution is 0.569. The monoisotopic (exact) mass is 301 g/mol. The minimum Gasteiger partial charge on any atom is -0.263 e. The Labute approximate surface area is 114 Å². The highest BCUT2D eigenvalue weighted by atomic mass is 35.5. The number of halogens is 2. The van der Waals surface area contributed by atoms with Crippen LogP contribution in [-0.4, -0.2) is 18.4 Å². The van der Waals surface area contributed by atoms with Crippen molar-refractivity contribution in [1.29, 1.82) is 0 Å². The second kappa shape index (κ2) is 5.10. The Hall–Kier alpha value is -1.73. The summed E-state index contributed by atoms with van der Waals surface area (Å²) >= 11 is 5.62. The van der Waals surface area contributed by atoms with Gasteiger partial charge in [0, 0.05) is 6.07 Å². The van der Waals surface area contributed by atoms with Crippen LogP contribution < -0.4 is 4.72 Å². The van der Waals surface area contributed by atoms with E-state index in [1.54, 1.807) is 6.92 Å². The van der Waals surface area contributed by atoms with Crippen LogP contribution in [-0.2, 0) is 10.0 Å². The molecule has 0 unspecified atom stereocenters. The van der Waals surface area contributed by atoms with Crippen molar-refractivity contribution in [2.45, 2.75) is 11.8 Å². The minimum absolute atomic E-state index is 0.0269. The number of nitrogens with zero attached hydrogens (tertiary/aromatic N) is 2. The molecule has 0 bridgehead atoms. The lowest BCUT2D eigenvalue weighted by Crippen LogP contribution is -2.15. The first-order valence-corrected chi connectivity index (χ1v) is 7.01. The van der Waals surface area contributed by atoms with Gasteiger partial charge in [-0.05, 0) is 24.6 Å². The molecule has 0 aliphatic carbocycles. The van der Waals surface area contributed by atoms with Gasteiger partial charge in [-0.1, -0.05) is 17.7 Å². The van der Waals surface area contributed by atoms with Crippen molar-refractivity contribution in [2.75, 3.05) is 4.72 Å². The lowest BCUT2D eigenvalue weighted by Gasteiger charge is -2.08. The maximum absolute atomic E-state index is 13.6. The van der Waals surface area contributed by atoms with E-state index in [4.69, 9.17) is 11.6 Å². The van der Waals surface area contributed by atoms with Gasteiger partial charge < -0.3 is 0 Å². The highest BCUT2D eigenvalue weighted by Crippen LogP contribution is 2.19. The third-order valence-corrected chi connectivity index (χ3v) is 3.83. The third-order valence-electron chi connectivity index (χ3n) is 2.25. The zero-order chi connectivity index (χ0) is 14.0. The molecule has 2 rings (SSSR count). The summed E-state index contributed by atoms with van der Waals surface area (Å²) in [5.74, 6) is -0.862. The van der Waals surface area contributed by atoms with Crippen molar-refractivity contribution >= 4 is 27.4 Å². The van der Waals surface area contributed by atoms with E-state index in [2.05, 4.69) is 14.7 Å². The summed E-state index contributed by atoms with van der Waals surface area (Å²) in [5, 5.41) is 0.0809. The molecule has 1 aromatic carbocycles. The largest absolute Gasteiger partial charge is 0.265 e. The van der Waals surface area contributed by atoms with Gasteiger partial charge in [0.05, 0.1) is 0 Å². The smallest absolute Gasteiger partial charge is 0.263 e. The van der Waals surface area contributed by atoms with E-state index in [-0.39, 0.29) is 11.0 Å². The molecule has 100 valence electrons. The van der Waals surface area contributed by atoms with E-state index in [1.807, 2.05) is 0 Å². The van der Waals surface area contributed by atoms with Crippen LogP contribution >= 0.6 is 11.6 Å². The molecular weight excluding hydrogens is 293 g/mol. The van der Waals surface area contributed by atoms with Gasteiger partial charge >= 0.3 is 0 Å². The van der Waals surface area contributed by atoms with Crippen molar-refractivity contribution < 1.29 is 12.8 Å². The first-order chi connectivity index (χ1) is 8.88. The summed E-state index contributed by atoms with van der Waals surface area (Å²) in [7, 11) is -4.06. The van der Waals surface area contributed by atoms with Crippen molar-refractivity contribution in [3.8, 4) is 0 Å². The number of benzene rings is 1. The standard InChI is InChI=1S/C11H9ClFN3O2S/c1-7-2-3-8(13)9(4-7)19(17,18)16-11-5-10(12)14-6-15-11/h2-6H,1H3,(H,14,15,16). The lowest BCUT2D eigenvalue weighted by atomic mass is 10.2. The summed E-state index contributed by atoms with van der Waals surface area (Å²) in [5.41, 5.74) is 0.627. The molecule has 1 N–H and O–H groups in total. The molecule has 0 aliphatic rings. The molecule has 2 aromatic rings. The molecule has 0 radical (unpaired) electrons. The van der Waals surface area contributed by atoms with Crippen LogP contribution in [0.4, 0.5) is 10.2 Å². The van der Waals surface area contributed by atoms with E-state index in [9.17, 15) is 12.8 Å². The van der Waals surface area contributed by atoms with Gasteiger partial charge in [0.25, 0.3) is 10.0 Å². The summed E-state index contributed by atoms with van der Waals surface area (Å²) in [6.45, 7) is 1.67. The Morgan fingerprint density at radius 1 is 1.26 bits per heavy atom. The second-order valence-corrected chi connectivity index (χ2v) is 5.80. The van der Waals surface area contributed by atoms with E-state index in [0.29, 0.717) is 5.56 Å². The average Bonchev–Trinajstić information content (AvgIpc) is 2.31. The fraction of sp³-hybridized carbons (Fsp3) is 0.0909. The maximum atomic E-state index is 13.6. The summed E-state index contributed by atoms with van der Waals surface area (Å²) < 4.78 is 39.8. The topological polar surface area (TPSA) is 72.0 Å². The Bertz CT molecular complexity index is 722. The van der Waals surface area contributed by atoms with Crippen molar-refractivity contribution in [2.24, 2.45) is 0 Å². The molecule has 0 amide bonds. The second-order valence-electron chi connectivity index (χ2n) is 3.77. The minimum atomic E-state index is -4.06. The highest BCUT2D eigenvalue weighted by molar-refractivity contribution is 7.92. The number of hydrogen-bond donors (Lipinski definition) is 1. The fourth-order valence-electron chi connectivity index (χ4n) is 1.40.